The lowest BCUT2D eigenvalue weighted by molar-refractivity contribution is -0.153. The number of carbonyl (C=O) groups excluding carboxylic acids is 3. The van der Waals surface area contributed by atoms with E-state index in [2.05, 4.69) is 4.98 Å². The number of ether oxygens (including phenoxy) is 1. The van der Waals surface area contributed by atoms with Gasteiger partial charge in [0.25, 0.3) is 0 Å². The zero-order chi connectivity index (χ0) is 18.0. The van der Waals surface area contributed by atoms with Gasteiger partial charge in [0.15, 0.2) is 0 Å². The van der Waals surface area contributed by atoms with Gasteiger partial charge in [-0.05, 0) is 19.4 Å². The smallest absolute Gasteiger partial charge is 0.327 e. The van der Waals surface area contributed by atoms with Crippen molar-refractivity contribution in [3.63, 3.8) is 0 Å². The fourth-order valence-corrected chi connectivity index (χ4v) is 3.02. The summed E-state index contributed by atoms with van der Waals surface area (Å²) in [7, 11) is 0. The van der Waals surface area contributed by atoms with Crippen LogP contribution in [0.3, 0.4) is 0 Å². The highest BCUT2D eigenvalue weighted by Crippen LogP contribution is 2.19. The summed E-state index contributed by atoms with van der Waals surface area (Å²) < 4.78 is 5.80. The van der Waals surface area contributed by atoms with Crippen LogP contribution < -0.4 is 4.74 Å². The summed E-state index contributed by atoms with van der Waals surface area (Å²) in [6.07, 6.45) is 2.23. The highest BCUT2D eigenvalue weighted by molar-refractivity contribution is 6.38. The number of pyridine rings is 1. The molecular weight excluding hydrogens is 324 g/mol. The number of aromatic nitrogens is 1. The first-order chi connectivity index (χ1) is 12.0. The van der Waals surface area contributed by atoms with Crippen LogP contribution in [0, 0.1) is 6.92 Å². The fraction of sp³-hybridized carbons (Fsp3) is 0.529. The topological polar surface area (TPSA) is 83.0 Å². The van der Waals surface area contributed by atoms with Crippen molar-refractivity contribution >= 4 is 17.8 Å². The number of imide groups is 1. The number of hydrogen-bond donors (Lipinski definition) is 0. The van der Waals surface area contributed by atoms with Gasteiger partial charge in [-0.3, -0.25) is 14.5 Å². The summed E-state index contributed by atoms with van der Waals surface area (Å²) in [6, 6.07) is 3.29. The third-order valence-corrected chi connectivity index (χ3v) is 4.51. The van der Waals surface area contributed by atoms with Crippen LogP contribution in [0.5, 0.6) is 5.88 Å². The molecule has 2 saturated heterocycles. The lowest BCUT2D eigenvalue weighted by Crippen LogP contribution is -2.58. The van der Waals surface area contributed by atoms with Gasteiger partial charge >= 0.3 is 17.8 Å². The molecule has 25 heavy (non-hydrogen) atoms. The standard InChI is InChI=1S/C17H22N4O4/c1-3-19-8-9-21(16(23)15(19)22)17(24)20-7-6-13(11-20)25-14-5-4-12(2)10-18-14/h4-5,10,13H,3,6-9,11H2,1-2H3. The summed E-state index contributed by atoms with van der Waals surface area (Å²) in [5, 5.41) is 0. The molecule has 1 unspecified atom stereocenters. The van der Waals surface area contributed by atoms with Gasteiger partial charge < -0.3 is 14.5 Å². The first-order valence-electron chi connectivity index (χ1n) is 8.48. The van der Waals surface area contributed by atoms with E-state index in [0.29, 0.717) is 38.5 Å². The molecule has 0 aromatic carbocycles. The monoisotopic (exact) mass is 346 g/mol. The number of likely N-dealkylation sites (N-methyl/N-ethyl adjacent to an activating group) is 1. The van der Waals surface area contributed by atoms with Gasteiger partial charge in [-0.15, -0.1) is 0 Å². The van der Waals surface area contributed by atoms with Gasteiger partial charge in [0, 0.05) is 44.9 Å². The van der Waals surface area contributed by atoms with Crippen molar-refractivity contribution in [2.45, 2.75) is 26.4 Å². The van der Waals surface area contributed by atoms with E-state index in [0.717, 1.165) is 10.5 Å². The predicted octanol–water partition coefficient (Wildman–Crippen LogP) is 0.654. The first-order valence-corrected chi connectivity index (χ1v) is 8.48. The second-order valence-electron chi connectivity index (χ2n) is 6.27. The molecule has 4 amide bonds. The van der Waals surface area contributed by atoms with Crippen LogP contribution in [-0.4, -0.2) is 76.4 Å². The molecule has 3 rings (SSSR count). The van der Waals surface area contributed by atoms with Crippen LogP contribution >= 0.6 is 0 Å². The Kier molecular flexibility index (Phi) is 4.87. The van der Waals surface area contributed by atoms with E-state index in [4.69, 9.17) is 4.74 Å². The minimum absolute atomic E-state index is 0.165. The molecule has 3 heterocycles. The van der Waals surface area contributed by atoms with Gasteiger partial charge in [0.1, 0.15) is 6.10 Å². The first kappa shape index (κ1) is 17.2. The lowest BCUT2D eigenvalue weighted by atomic mass is 10.3. The molecule has 1 aromatic heterocycles. The van der Waals surface area contributed by atoms with Crippen molar-refractivity contribution in [3.8, 4) is 5.88 Å². The Labute approximate surface area is 146 Å². The van der Waals surface area contributed by atoms with Crippen LogP contribution in [0.4, 0.5) is 4.79 Å². The number of urea groups is 1. The number of aryl methyl sites for hydroxylation is 1. The van der Waals surface area contributed by atoms with E-state index >= 15 is 0 Å². The van der Waals surface area contributed by atoms with Crippen molar-refractivity contribution in [3.05, 3.63) is 23.9 Å². The van der Waals surface area contributed by atoms with Crippen LogP contribution in [0.2, 0.25) is 0 Å². The van der Waals surface area contributed by atoms with E-state index in [9.17, 15) is 14.4 Å². The molecule has 8 nitrogen and oxygen atoms in total. The molecule has 0 bridgehead atoms. The number of nitrogens with zero attached hydrogens (tertiary/aromatic N) is 4. The molecular formula is C17H22N4O4. The van der Waals surface area contributed by atoms with E-state index in [-0.39, 0.29) is 12.6 Å². The average molecular weight is 346 g/mol. The molecule has 0 aliphatic carbocycles. The number of likely N-dealkylation sites (tertiary alicyclic amines) is 1. The zero-order valence-corrected chi connectivity index (χ0v) is 14.5. The Bertz CT molecular complexity index is 676. The third-order valence-electron chi connectivity index (χ3n) is 4.51. The molecule has 2 fully saturated rings. The Morgan fingerprint density at radius 2 is 2.04 bits per heavy atom. The van der Waals surface area contributed by atoms with E-state index in [1.807, 2.05) is 19.9 Å². The van der Waals surface area contributed by atoms with Crippen molar-refractivity contribution in [1.29, 1.82) is 0 Å². The quantitative estimate of drug-likeness (QED) is 0.751. The highest BCUT2D eigenvalue weighted by atomic mass is 16.5. The molecule has 134 valence electrons. The molecule has 8 heteroatoms. The average Bonchev–Trinajstić information content (AvgIpc) is 3.07. The highest BCUT2D eigenvalue weighted by Gasteiger charge is 2.39. The van der Waals surface area contributed by atoms with Gasteiger partial charge in [-0.1, -0.05) is 6.07 Å². The number of piperazine rings is 1. The maximum Gasteiger partial charge on any atom is 0.327 e. The SMILES string of the molecule is CCN1CCN(C(=O)N2CCC(Oc3ccc(C)cn3)C2)C(=O)C1=O. The predicted molar refractivity (Wildman–Crippen MR) is 88.9 cm³/mol. The van der Waals surface area contributed by atoms with Crippen LogP contribution in [0.1, 0.15) is 18.9 Å². The number of carbonyl (C=O) groups is 3. The molecule has 0 radical (unpaired) electrons. The molecule has 2 aliphatic rings. The van der Waals surface area contributed by atoms with Crippen LogP contribution in [-0.2, 0) is 9.59 Å². The Balaban J connectivity index is 1.58. The number of hydrogen-bond acceptors (Lipinski definition) is 5. The second-order valence-corrected chi connectivity index (χ2v) is 6.27. The normalized spacial score (nSPS) is 21.0. The second kappa shape index (κ2) is 7.08. The maximum atomic E-state index is 12.6. The molecule has 2 aliphatic heterocycles. The minimum Gasteiger partial charge on any atom is -0.472 e. The lowest BCUT2D eigenvalue weighted by Gasteiger charge is -2.33. The molecule has 1 atom stereocenters. The fourth-order valence-electron chi connectivity index (χ4n) is 3.02. The largest absolute Gasteiger partial charge is 0.472 e. The maximum absolute atomic E-state index is 12.6. The molecule has 0 N–H and O–H groups in total. The summed E-state index contributed by atoms with van der Waals surface area (Å²) in [6.45, 7) is 5.71. The minimum atomic E-state index is -0.748. The van der Waals surface area contributed by atoms with E-state index in [1.54, 1.807) is 17.2 Å². The van der Waals surface area contributed by atoms with Crippen molar-refractivity contribution in [2.75, 3.05) is 32.7 Å². The van der Waals surface area contributed by atoms with Gasteiger partial charge in [0.05, 0.1) is 6.54 Å². The zero-order valence-electron chi connectivity index (χ0n) is 14.5. The number of rotatable bonds is 3. The van der Waals surface area contributed by atoms with Gasteiger partial charge in [0.2, 0.25) is 5.88 Å². The van der Waals surface area contributed by atoms with E-state index in [1.165, 1.54) is 4.90 Å². The summed E-state index contributed by atoms with van der Waals surface area (Å²) in [5.41, 5.74) is 1.05. The van der Waals surface area contributed by atoms with Gasteiger partial charge in [-0.2, -0.15) is 0 Å². The number of amides is 4. The van der Waals surface area contributed by atoms with Gasteiger partial charge in [-0.25, -0.2) is 9.78 Å². The summed E-state index contributed by atoms with van der Waals surface area (Å²) >= 11 is 0. The summed E-state index contributed by atoms with van der Waals surface area (Å²) in [5.74, 6) is -0.840. The molecule has 0 saturated carbocycles. The van der Waals surface area contributed by atoms with Crippen molar-refractivity contribution < 1.29 is 19.1 Å². The Morgan fingerprint density at radius 3 is 2.72 bits per heavy atom. The van der Waals surface area contributed by atoms with E-state index < -0.39 is 17.8 Å². The Morgan fingerprint density at radius 1 is 1.24 bits per heavy atom. The molecule has 1 aromatic rings. The van der Waals surface area contributed by atoms with Crippen LogP contribution in [0.15, 0.2) is 18.3 Å². The van der Waals surface area contributed by atoms with Crippen LogP contribution in [0.25, 0.3) is 0 Å². The Hall–Kier alpha value is -2.64. The third kappa shape index (κ3) is 3.57. The molecule has 0 spiro atoms. The summed E-state index contributed by atoms with van der Waals surface area (Å²) in [4.78, 5) is 44.9. The van der Waals surface area contributed by atoms with Crippen molar-refractivity contribution in [1.82, 2.24) is 19.7 Å². The van der Waals surface area contributed by atoms with Crippen molar-refractivity contribution in [2.24, 2.45) is 0 Å².